The largest absolute Gasteiger partial charge is 0.389 e. The van der Waals surface area contributed by atoms with Crippen LogP contribution in [-0.2, 0) is 0 Å². The highest BCUT2D eigenvalue weighted by Gasteiger charge is 2.08. The molecule has 1 atom stereocenters. The van der Waals surface area contributed by atoms with Gasteiger partial charge in [-0.25, -0.2) is 0 Å². The van der Waals surface area contributed by atoms with Gasteiger partial charge in [0.1, 0.15) is 0 Å². The average Bonchev–Trinajstić information content (AvgIpc) is 2.33. The summed E-state index contributed by atoms with van der Waals surface area (Å²) in [6, 6.07) is 12.6. The first-order valence-corrected chi connectivity index (χ1v) is 7.81. The second-order valence-electron chi connectivity index (χ2n) is 4.73. The third-order valence-corrected chi connectivity index (χ3v) is 4.83. The topological polar surface area (TPSA) is 20.2 Å². The summed E-state index contributed by atoms with van der Waals surface area (Å²) in [4.78, 5) is 2.45. The van der Waals surface area contributed by atoms with Gasteiger partial charge in [0.05, 0.1) is 6.10 Å². The van der Waals surface area contributed by atoms with E-state index in [2.05, 4.69) is 60.1 Å². The summed E-state index contributed by atoms with van der Waals surface area (Å²) < 4.78 is 0.956. The van der Waals surface area contributed by atoms with Crippen LogP contribution in [0.2, 0.25) is 0 Å². The van der Waals surface area contributed by atoms with Gasteiger partial charge >= 0.3 is 0 Å². The van der Waals surface area contributed by atoms with Crippen molar-refractivity contribution >= 4 is 27.7 Å². The first-order valence-electron chi connectivity index (χ1n) is 6.20. The fraction of sp³-hybridized carbons (Fsp3) is 0.250. The SMILES string of the molecule is Cc1ccc(C)c(Sc2ccc([C@H](C)O)c(Br)c2)c1. The van der Waals surface area contributed by atoms with E-state index in [1.165, 1.54) is 20.9 Å². The molecule has 0 saturated heterocycles. The molecule has 0 heterocycles. The molecule has 2 aromatic rings. The van der Waals surface area contributed by atoms with Crippen molar-refractivity contribution in [1.29, 1.82) is 0 Å². The lowest BCUT2D eigenvalue weighted by Gasteiger charge is -2.11. The van der Waals surface area contributed by atoms with Crippen molar-refractivity contribution < 1.29 is 5.11 Å². The monoisotopic (exact) mass is 336 g/mol. The van der Waals surface area contributed by atoms with E-state index in [9.17, 15) is 5.11 Å². The van der Waals surface area contributed by atoms with Crippen LogP contribution in [0.1, 0.15) is 29.7 Å². The number of aryl methyl sites for hydroxylation is 2. The van der Waals surface area contributed by atoms with Crippen LogP contribution in [-0.4, -0.2) is 5.11 Å². The zero-order valence-corrected chi connectivity index (χ0v) is 13.7. The maximum Gasteiger partial charge on any atom is 0.0772 e. The van der Waals surface area contributed by atoms with Crippen molar-refractivity contribution in [3.05, 3.63) is 57.6 Å². The summed E-state index contributed by atoms with van der Waals surface area (Å²) in [5.41, 5.74) is 3.48. The summed E-state index contributed by atoms with van der Waals surface area (Å²) in [6.45, 7) is 6.01. The van der Waals surface area contributed by atoms with Crippen molar-refractivity contribution in [2.75, 3.05) is 0 Å². The molecule has 2 aromatic carbocycles. The van der Waals surface area contributed by atoms with Crippen molar-refractivity contribution in [3.63, 3.8) is 0 Å². The number of aliphatic hydroxyl groups is 1. The highest BCUT2D eigenvalue weighted by atomic mass is 79.9. The second-order valence-corrected chi connectivity index (χ2v) is 6.70. The quantitative estimate of drug-likeness (QED) is 0.823. The zero-order valence-electron chi connectivity index (χ0n) is 11.3. The minimum Gasteiger partial charge on any atom is -0.389 e. The molecule has 0 unspecified atom stereocenters. The Balaban J connectivity index is 2.29. The Labute approximate surface area is 127 Å². The standard InChI is InChI=1S/C16H17BrOS/c1-10-4-5-11(2)16(8-10)19-13-6-7-14(12(3)18)15(17)9-13/h4-9,12,18H,1-3H3/t12-/m0/s1. The van der Waals surface area contributed by atoms with Crippen molar-refractivity contribution in [2.45, 2.75) is 36.7 Å². The van der Waals surface area contributed by atoms with Crippen LogP contribution >= 0.6 is 27.7 Å². The number of hydrogen-bond acceptors (Lipinski definition) is 2. The van der Waals surface area contributed by atoms with Gasteiger partial charge < -0.3 is 5.11 Å². The molecule has 0 bridgehead atoms. The van der Waals surface area contributed by atoms with Gasteiger partial charge in [-0.2, -0.15) is 0 Å². The van der Waals surface area contributed by atoms with Crippen LogP contribution in [0.15, 0.2) is 50.7 Å². The van der Waals surface area contributed by atoms with Crippen LogP contribution < -0.4 is 0 Å². The third kappa shape index (κ3) is 3.62. The molecule has 100 valence electrons. The smallest absolute Gasteiger partial charge is 0.0772 e. The zero-order chi connectivity index (χ0) is 14.0. The molecule has 2 rings (SSSR count). The van der Waals surface area contributed by atoms with E-state index in [0.29, 0.717) is 0 Å². The van der Waals surface area contributed by atoms with Crippen molar-refractivity contribution in [1.82, 2.24) is 0 Å². The number of hydrogen-bond donors (Lipinski definition) is 1. The number of halogens is 1. The molecule has 1 nitrogen and oxygen atoms in total. The summed E-state index contributed by atoms with van der Waals surface area (Å²) in [5.74, 6) is 0. The van der Waals surface area contributed by atoms with Gasteiger partial charge in [0.25, 0.3) is 0 Å². The Morgan fingerprint density at radius 1 is 1.11 bits per heavy atom. The second kappa shape index (κ2) is 6.12. The highest BCUT2D eigenvalue weighted by molar-refractivity contribution is 9.10. The summed E-state index contributed by atoms with van der Waals surface area (Å²) in [7, 11) is 0. The molecular formula is C16H17BrOS. The van der Waals surface area contributed by atoms with E-state index in [-0.39, 0.29) is 0 Å². The molecule has 0 saturated carbocycles. The van der Waals surface area contributed by atoms with Crippen LogP contribution in [0.4, 0.5) is 0 Å². The van der Waals surface area contributed by atoms with Gasteiger partial charge in [-0.05, 0) is 55.7 Å². The predicted octanol–water partition coefficient (Wildman–Crippen LogP) is 5.27. The fourth-order valence-electron chi connectivity index (χ4n) is 1.85. The van der Waals surface area contributed by atoms with Crippen LogP contribution in [0, 0.1) is 13.8 Å². The van der Waals surface area contributed by atoms with Gasteiger partial charge in [-0.3, -0.25) is 0 Å². The molecule has 0 spiro atoms. The summed E-state index contributed by atoms with van der Waals surface area (Å²) >= 11 is 5.27. The molecule has 0 fully saturated rings. The van der Waals surface area contributed by atoms with Crippen LogP contribution in [0.3, 0.4) is 0 Å². The lowest BCUT2D eigenvalue weighted by Crippen LogP contribution is -1.92. The Morgan fingerprint density at radius 3 is 2.47 bits per heavy atom. The van der Waals surface area contributed by atoms with E-state index in [1.54, 1.807) is 18.7 Å². The highest BCUT2D eigenvalue weighted by Crippen LogP contribution is 2.34. The Morgan fingerprint density at radius 2 is 1.84 bits per heavy atom. The van der Waals surface area contributed by atoms with Gasteiger partial charge in [-0.15, -0.1) is 0 Å². The molecule has 0 aliphatic heterocycles. The molecule has 0 aromatic heterocycles. The molecule has 3 heteroatoms. The molecule has 0 radical (unpaired) electrons. The number of aliphatic hydroxyl groups excluding tert-OH is 1. The maximum absolute atomic E-state index is 9.63. The van der Waals surface area contributed by atoms with Gasteiger partial charge in [0.2, 0.25) is 0 Å². The van der Waals surface area contributed by atoms with E-state index in [0.717, 1.165) is 10.0 Å². The first-order chi connectivity index (χ1) is 8.97. The minimum absolute atomic E-state index is 0.450. The fourth-order valence-corrected chi connectivity index (χ4v) is 3.76. The van der Waals surface area contributed by atoms with Crippen molar-refractivity contribution in [3.8, 4) is 0 Å². The summed E-state index contributed by atoms with van der Waals surface area (Å²) in [6.07, 6.45) is -0.450. The molecule has 1 N–H and O–H groups in total. The van der Waals surface area contributed by atoms with Gasteiger partial charge in [-0.1, -0.05) is 45.9 Å². The van der Waals surface area contributed by atoms with E-state index in [1.807, 2.05) is 6.07 Å². The average molecular weight is 337 g/mol. The minimum atomic E-state index is -0.450. The number of benzene rings is 2. The first kappa shape index (κ1) is 14.6. The number of rotatable bonds is 3. The molecule has 19 heavy (non-hydrogen) atoms. The lowest BCUT2D eigenvalue weighted by molar-refractivity contribution is 0.198. The van der Waals surface area contributed by atoms with E-state index in [4.69, 9.17) is 0 Å². The third-order valence-electron chi connectivity index (χ3n) is 2.99. The molecular weight excluding hydrogens is 320 g/mol. The van der Waals surface area contributed by atoms with Gasteiger partial charge in [0, 0.05) is 14.3 Å². The predicted molar refractivity (Wildman–Crippen MR) is 84.8 cm³/mol. The Hall–Kier alpha value is -0.770. The van der Waals surface area contributed by atoms with E-state index < -0.39 is 6.10 Å². The van der Waals surface area contributed by atoms with E-state index >= 15 is 0 Å². The summed E-state index contributed by atoms with van der Waals surface area (Å²) in [5, 5.41) is 9.63. The van der Waals surface area contributed by atoms with Gasteiger partial charge in [0.15, 0.2) is 0 Å². The molecule has 0 aliphatic rings. The van der Waals surface area contributed by atoms with Crippen molar-refractivity contribution in [2.24, 2.45) is 0 Å². The van der Waals surface area contributed by atoms with Crippen LogP contribution in [0.5, 0.6) is 0 Å². The molecule has 0 amide bonds. The molecule has 0 aliphatic carbocycles. The maximum atomic E-state index is 9.63. The Bertz CT molecular complexity index is 593. The Kier molecular flexibility index (Phi) is 4.71. The normalized spacial score (nSPS) is 12.5. The van der Waals surface area contributed by atoms with Crippen LogP contribution in [0.25, 0.3) is 0 Å². The lowest BCUT2D eigenvalue weighted by atomic mass is 10.1.